The lowest BCUT2D eigenvalue weighted by Gasteiger charge is -2.27. The highest BCUT2D eigenvalue weighted by molar-refractivity contribution is 5.70. The molecule has 7 heteroatoms. The average Bonchev–Trinajstić information content (AvgIpc) is 3.06. The van der Waals surface area contributed by atoms with Gasteiger partial charge >= 0.3 is 18.0 Å². The molecule has 1 rings (SSSR count). The molecule has 0 heterocycles. The van der Waals surface area contributed by atoms with Crippen LogP contribution in [0.3, 0.4) is 0 Å². The van der Waals surface area contributed by atoms with E-state index >= 15 is 0 Å². The van der Waals surface area contributed by atoms with Crippen LogP contribution in [0.2, 0.25) is 0 Å². The van der Waals surface area contributed by atoms with Crippen molar-refractivity contribution < 1.29 is 28.6 Å². The van der Waals surface area contributed by atoms with Crippen LogP contribution in [0.15, 0.2) is 48.6 Å². The minimum Gasteiger partial charge on any atom is -0.461 e. The molecule has 0 aliphatic carbocycles. The van der Waals surface area contributed by atoms with E-state index in [1.807, 2.05) is 32.9 Å². The number of esters is 2. The molecule has 0 aliphatic heterocycles. The number of unbranched alkanes of at least 4 members (excludes halogenated alkanes) is 12. The first-order chi connectivity index (χ1) is 23.6. The first kappa shape index (κ1) is 43.9. The Balaban J connectivity index is 2.35. The molecular formula is C42H69NO6. The zero-order chi connectivity index (χ0) is 36.0. The van der Waals surface area contributed by atoms with Crippen molar-refractivity contribution in [3.63, 3.8) is 0 Å². The number of rotatable bonds is 28. The second-order valence-corrected chi connectivity index (χ2v) is 14.1. The van der Waals surface area contributed by atoms with Gasteiger partial charge in [0.15, 0.2) is 0 Å². The Labute approximate surface area is 299 Å². The lowest BCUT2D eigenvalue weighted by Crippen LogP contribution is -2.37. The molecular weight excluding hydrogens is 614 g/mol. The van der Waals surface area contributed by atoms with E-state index in [1.165, 1.54) is 51.4 Å². The summed E-state index contributed by atoms with van der Waals surface area (Å²) in [5.74, 6) is -0.290. The Hall–Kier alpha value is -3.09. The van der Waals surface area contributed by atoms with Crippen molar-refractivity contribution in [3.05, 3.63) is 59.7 Å². The molecule has 0 atom stereocenters. The molecule has 0 N–H and O–H groups in total. The molecule has 0 fully saturated rings. The first-order valence-corrected chi connectivity index (χ1v) is 19.3. The van der Waals surface area contributed by atoms with Crippen LogP contribution < -0.4 is 0 Å². The van der Waals surface area contributed by atoms with Crippen LogP contribution in [0.5, 0.6) is 0 Å². The summed E-state index contributed by atoms with van der Waals surface area (Å²) in [5, 5.41) is 0. The monoisotopic (exact) mass is 684 g/mol. The van der Waals surface area contributed by atoms with Crippen molar-refractivity contribution in [2.45, 2.75) is 169 Å². The summed E-state index contributed by atoms with van der Waals surface area (Å²) >= 11 is 0. The fourth-order valence-corrected chi connectivity index (χ4v) is 5.31. The highest BCUT2D eigenvalue weighted by atomic mass is 16.6. The van der Waals surface area contributed by atoms with E-state index < -0.39 is 5.60 Å². The van der Waals surface area contributed by atoms with Gasteiger partial charge in [0.05, 0.1) is 0 Å². The van der Waals surface area contributed by atoms with Crippen molar-refractivity contribution in [1.29, 1.82) is 0 Å². The third kappa shape index (κ3) is 26.5. The van der Waals surface area contributed by atoms with E-state index in [2.05, 4.69) is 50.3 Å². The van der Waals surface area contributed by atoms with Crippen molar-refractivity contribution >= 4 is 18.0 Å². The third-order valence-corrected chi connectivity index (χ3v) is 8.17. The Morgan fingerprint density at radius 3 is 1.65 bits per heavy atom. The molecule has 0 unspecified atom stereocenters. The summed E-state index contributed by atoms with van der Waals surface area (Å²) in [6, 6.07) is 8.26. The molecule has 1 aromatic carbocycles. The number of carbonyl (C=O) groups is 3. The highest BCUT2D eigenvalue weighted by Gasteiger charge is 2.22. The molecule has 0 saturated carbocycles. The van der Waals surface area contributed by atoms with Crippen molar-refractivity contribution in [1.82, 2.24) is 4.90 Å². The second-order valence-electron chi connectivity index (χ2n) is 14.1. The average molecular weight is 684 g/mol. The molecule has 49 heavy (non-hydrogen) atoms. The third-order valence-electron chi connectivity index (χ3n) is 8.17. The Morgan fingerprint density at radius 1 is 0.612 bits per heavy atom. The van der Waals surface area contributed by atoms with E-state index in [-0.39, 0.29) is 18.0 Å². The normalized spacial score (nSPS) is 11.7. The number of benzene rings is 1. The largest absolute Gasteiger partial charge is 0.461 e. The summed E-state index contributed by atoms with van der Waals surface area (Å²) < 4.78 is 16.4. The number of hydrogen-bond donors (Lipinski definition) is 0. The number of allylic oxidation sites excluding steroid dienone is 2. The van der Waals surface area contributed by atoms with Gasteiger partial charge in [-0.2, -0.15) is 0 Å². The van der Waals surface area contributed by atoms with Crippen LogP contribution >= 0.6 is 0 Å². The highest BCUT2D eigenvalue weighted by Crippen LogP contribution is 2.16. The minimum absolute atomic E-state index is 0.132. The summed E-state index contributed by atoms with van der Waals surface area (Å²) in [6.45, 7) is 11.9. The van der Waals surface area contributed by atoms with Gasteiger partial charge in [-0.1, -0.05) is 120 Å². The number of amides is 1. The van der Waals surface area contributed by atoms with E-state index in [4.69, 9.17) is 14.2 Å². The minimum atomic E-state index is -0.566. The van der Waals surface area contributed by atoms with E-state index in [1.54, 1.807) is 4.90 Å². The maximum absolute atomic E-state index is 13.0. The van der Waals surface area contributed by atoms with Crippen molar-refractivity contribution in [2.24, 2.45) is 0 Å². The van der Waals surface area contributed by atoms with Gasteiger partial charge in [-0.05, 0) is 83.3 Å². The lowest BCUT2D eigenvalue weighted by molar-refractivity contribution is -0.143. The molecule has 0 aromatic heterocycles. The van der Waals surface area contributed by atoms with Gasteiger partial charge < -0.3 is 19.1 Å². The zero-order valence-electron chi connectivity index (χ0n) is 31.8. The zero-order valence-corrected chi connectivity index (χ0v) is 31.8. The van der Waals surface area contributed by atoms with E-state index in [9.17, 15) is 14.4 Å². The molecule has 278 valence electrons. The fourth-order valence-electron chi connectivity index (χ4n) is 5.31. The van der Waals surface area contributed by atoms with Gasteiger partial charge in [0.2, 0.25) is 0 Å². The summed E-state index contributed by atoms with van der Waals surface area (Å²) in [5.41, 5.74) is 1.63. The molecule has 0 spiro atoms. The van der Waals surface area contributed by atoms with Gasteiger partial charge in [-0.3, -0.25) is 9.59 Å². The molecule has 0 bridgehead atoms. The van der Waals surface area contributed by atoms with Gasteiger partial charge in [-0.25, -0.2) is 4.79 Å². The van der Waals surface area contributed by atoms with Crippen LogP contribution in [-0.4, -0.2) is 48.3 Å². The van der Waals surface area contributed by atoms with E-state index in [0.29, 0.717) is 39.1 Å². The first-order valence-electron chi connectivity index (χ1n) is 19.3. The predicted octanol–water partition coefficient (Wildman–Crippen LogP) is 11.2. The Kier molecular flexibility index (Phi) is 25.7. The predicted molar refractivity (Wildman–Crippen MR) is 201 cm³/mol. The molecule has 1 amide bonds. The van der Waals surface area contributed by atoms with Crippen LogP contribution in [0.1, 0.15) is 161 Å². The smallest absolute Gasteiger partial charge is 0.410 e. The van der Waals surface area contributed by atoms with Crippen LogP contribution in [0.4, 0.5) is 4.79 Å². The Bertz CT molecular complexity index is 1060. The number of hydrogen-bond acceptors (Lipinski definition) is 6. The number of nitrogens with zero attached hydrogens (tertiary/aromatic N) is 1. The summed E-state index contributed by atoms with van der Waals surface area (Å²) in [4.78, 5) is 38.9. The van der Waals surface area contributed by atoms with Crippen LogP contribution in [-0.2, 0) is 36.8 Å². The number of carbonyl (C=O) groups excluding carboxylic acids is 3. The maximum atomic E-state index is 13.0. The van der Waals surface area contributed by atoms with Crippen molar-refractivity contribution in [2.75, 3.05) is 19.8 Å². The summed E-state index contributed by atoms with van der Waals surface area (Å²) in [7, 11) is 0. The van der Waals surface area contributed by atoms with Crippen molar-refractivity contribution in [3.8, 4) is 0 Å². The molecule has 0 aliphatic rings. The topological polar surface area (TPSA) is 82.1 Å². The van der Waals surface area contributed by atoms with Gasteiger partial charge in [-0.15, -0.1) is 0 Å². The number of ether oxygens (including phenoxy) is 3. The lowest BCUT2D eigenvalue weighted by atomic mass is 10.1. The molecule has 1 aromatic rings. The molecule has 7 nitrogen and oxygen atoms in total. The molecule has 0 radical (unpaired) electrons. The van der Waals surface area contributed by atoms with Crippen LogP contribution in [0, 0.1) is 0 Å². The number of aryl methyl sites for hydroxylation is 1. The second kappa shape index (κ2) is 28.7. The maximum Gasteiger partial charge on any atom is 0.410 e. The summed E-state index contributed by atoms with van der Waals surface area (Å²) in [6.07, 6.45) is 26.8. The fraction of sp³-hybridized carbons (Fsp3) is 0.690. The van der Waals surface area contributed by atoms with E-state index in [0.717, 1.165) is 68.9 Å². The van der Waals surface area contributed by atoms with Gasteiger partial charge in [0.25, 0.3) is 0 Å². The Morgan fingerprint density at radius 2 is 1.10 bits per heavy atom. The van der Waals surface area contributed by atoms with Crippen LogP contribution in [0.25, 0.3) is 0 Å². The van der Waals surface area contributed by atoms with Gasteiger partial charge in [0, 0.05) is 25.9 Å². The molecule has 0 saturated heterocycles. The SMILES string of the molecule is CCCCCC/C=C\COC(=O)CCCCCCCN(Cc1ccc(CCCC(=O)OC/C=C\CCCCCC)cc1)C(=O)OC(C)(C)C. The quantitative estimate of drug-likeness (QED) is 0.0378. The standard InChI is InChI=1S/C42H69NO6/c1-6-8-10-12-14-19-23-34-47-39(44)27-21-17-16-18-22-33-43(41(46)49-42(3,4)5)36-38-31-29-37(30-32-38)26-25-28-40(45)48-35-24-20-15-13-11-9-7-2/h19-20,23-24,29-32H,6-18,21-22,25-28,33-36H2,1-5H3/b23-19-,24-20-. The van der Waals surface area contributed by atoms with Gasteiger partial charge in [0.1, 0.15) is 18.8 Å².